The number of benzene rings is 1. The van der Waals surface area contributed by atoms with Crippen LogP contribution in [0.25, 0.3) is 0 Å². The van der Waals surface area contributed by atoms with Gasteiger partial charge in [-0.25, -0.2) is 4.98 Å². The molecule has 0 fully saturated rings. The second-order valence-corrected chi connectivity index (χ2v) is 4.72. The van der Waals surface area contributed by atoms with Crippen LogP contribution in [0.1, 0.15) is 10.4 Å². The van der Waals surface area contributed by atoms with Gasteiger partial charge in [-0.2, -0.15) is 0 Å². The number of nitrogens with one attached hydrogen (secondary N) is 1. The highest BCUT2D eigenvalue weighted by Gasteiger charge is 2.06. The second-order valence-electron chi connectivity index (χ2n) is 4.72. The van der Waals surface area contributed by atoms with Crippen LogP contribution in [0.2, 0.25) is 0 Å². The van der Waals surface area contributed by atoms with Crippen LogP contribution in [-0.4, -0.2) is 38.1 Å². The first-order chi connectivity index (χ1) is 10.2. The summed E-state index contributed by atoms with van der Waals surface area (Å²) in [6.45, 7) is 0.877. The van der Waals surface area contributed by atoms with E-state index in [0.717, 1.165) is 11.6 Å². The molecule has 0 aliphatic carbocycles. The Bertz CT molecular complexity index is 568. The molecule has 0 atom stereocenters. The van der Waals surface area contributed by atoms with Gasteiger partial charge >= 0.3 is 0 Å². The van der Waals surface area contributed by atoms with Crippen molar-refractivity contribution in [2.24, 2.45) is 0 Å². The molecule has 0 saturated heterocycles. The first-order valence-electron chi connectivity index (χ1n) is 6.76. The van der Waals surface area contributed by atoms with E-state index >= 15 is 0 Å². The number of hydrogen-bond donors (Lipinski definition) is 1. The number of para-hydroxylation sites is 1. The zero-order valence-corrected chi connectivity index (χ0v) is 12.2. The van der Waals surface area contributed by atoms with Gasteiger partial charge in [-0.05, 0) is 24.3 Å². The fourth-order valence-electron chi connectivity index (χ4n) is 1.74. The smallest absolute Gasteiger partial charge is 0.252 e. The van der Waals surface area contributed by atoms with Crippen LogP contribution in [0.4, 0.5) is 5.82 Å². The van der Waals surface area contributed by atoms with E-state index in [9.17, 15) is 4.79 Å². The van der Waals surface area contributed by atoms with Crippen molar-refractivity contribution in [3.8, 4) is 5.75 Å². The molecule has 0 saturated carbocycles. The van der Waals surface area contributed by atoms with Crippen molar-refractivity contribution in [1.82, 2.24) is 10.3 Å². The molecule has 1 amide bonds. The normalized spacial score (nSPS) is 10.0. The van der Waals surface area contributed by atoms with Crippen molar-refractivity contribution in [3.63, 3.8) is 0 Å². The van der Waals surface area contributed by atoms with Crippen molar-refractivity contribution in [2.75, 3.05) is 32.1 Å². The Morgan fingerprint density at radius 3 is 2.57 bits per heavy atom. The highest BCUT2D eigenvalue weighted by Crippen LogP contribution is 2.08. The van der Waals surface area contributed by atoms with Gasteiger partial charge in [0.15, 0.2) is 0 Å². The van der Waals surface area contributed by atoms with E-state index in [1.807, 2.05) is 55.4 Å². The summed E-state index contributed by atoms with van der Waals surface area (Å²) in [5, 5.41) is 2.80. The summed E-state index contributed by atoms with van der Waals surface area (Å²) in [5.41, 5.74) is 0.542. The summed E-state index contributed by atoms with van der Waals surface area (Å²) in [7, 11) is 3.81. The van der Waals surface area contributed by atoms with Crippen molar-refractivity contribution >= 4 is 11.7 Å². The highest BCUT2D eigenvalue weighted by atomic mass is 16.5. The molecule has 0 bridgehead atoms. The number of carbonyl (C=O) groups excluding carboxylic acids is 1. The van der Waals surface area contributed by atoms with E-state index in [2.05, 4.69) is 10.3 Å². The molecule has 1 heterocycles. The molecule has 1 N–H and O–H groups in total. The average Bonchev–Trinajstić information content (AvgIpc) is 2.52. The summed E-state index contributed by atoms with van der Waals surface area (Å²) in [5.74, 6) is 1.46. The maximum Gasteiger partial charge on any atom is 0.252 e. The summed E-state index contributed by atoms with van der Waals surface area (Å²) in [6.07, 6.45) is 1.57. The maximum absolute atomic E-state index is 11.9. The minimum Gasteiger partial charge on any atom is -0.492 e. The van der Waals surface area contributed by atoms with E-state index in [1.165, 1.54) is 0 Å². The molecule has 0 radical (unpaired) electrons. The Morgan fingerprint density at radius 1 is 1.19 bits per heavy atom. The van der Waals surface area contributed by atoms with Crippen LogP contribution < -0.4 is 15.0 Å². The van der Waals surface area contributed by atoms with Gasteiger partial charge < -0.3 is 15.0 Å². The third-order valence-corrected chi connectivity index (χ3v) is 2.87. The summed E-state index contributed by atoms with van der Waals surface area (Å²) in [4.78, 5) is 18.0. The second kappa shape index (κ2) is 7.28. The number of rotatable bonds is 6. The van der Waals surface area contributed by atoms with Crippen molar-refractivity contribution in [3.05, 3.63) is 54.2 Å². The lowest BCUT2D eigenvalue weighted by molar-refractivity contribution is 0.0946. The maximum atomic E-state index is 11.9. The quantitative estimate of drug-likeness (QED) is 0.824. The Labute approximate surface area is 124 Å². The Hall–Kier alpha value is -2.56. The fraction of sp³-hybridized carbons (Fsp3) is 0.250. The van der Waals surface area contributed by atoms with E-state index < -0.39 is 0 Å². The molecule has 0 aliphatic rings. The van der Waals surface area contributed by atoms with E-state index in [4.69, 9.17) is 4.74 Å². The van der Waals surface area contributed by atoms with Crippen LogP contribution in [0.15, 0.2) is 48.7 Å². The third-order valence-electron chi connectivity index (χ3n) is 2.87. The minimum atomic E-state index is -0.149. The van der Waals surface area contributed by atoms with Gasteiger partial charge in [-0.15, -0.1) is 0 Å². The van der Waals surface area contributed by atoms with E-state index in [-0.39, 0.29) is 5.91 Å². The van der Waals surface area contributed by atoms with Gasteiger partial charge in [0.1, 0.15) is 18.2 Å². The number of nitrogens with zero attached hydrogens (tertiary/aromatic N) is 2. The van der Waals surface area contributed by atoms with Crippen LogP contribution >= 0.6 is 0 Å². The molecule has 0 unspecified atom stereocenters. The number of anilines is 1. The lowest BCUT2D eigenvalue weighted by atomic mass is 10.2. The first kappa shape index (κ1) is 14.8. The van der Waals surface area contributed by atoms with Crippen LogP contribution in [0.5, 0.6) is 5.75 Å². The van der Waals surface area contributed by atoms with Gasteiger partial charge in [-0.3, -0.25) is 4.79 Å². The molecule has 0 spiro atoms. The summed E-state index contributed by atoms with van der Waals surface area (Å²) >= 11 is 0. The number of carbonyl (C=O) groups is 1. The van der Waals surface area contributed by atoms with Gasteiger partial charge in [0.05, 0.1) is 12.1 Å². The minimum absolute atomic E-state index is 0.149. The molecule has 21 heavy (non-hydrogen) atoms. The molecule has 0 aliphatic heterocycles. The van der Waals surface area contributed by atoms with Crippen molar-refractivity contribution in [2.45, 2.75) is 0 Å². The SMILES string of the molecule is CN(C)c1ccc(C(=O)NCCOc2ccccc2)cn1. The Balaban J connectivity index is 1.76. The van der Waals surface area contributed by atoms with Gasteiger partial charge in [-0.1, -0.05) is 18.2 Å². The molecular formula is C16H19N3O2. The zero-order chi connectivity index (χ0) is 15.1. The lowest BCUT2D eigenvalue weighted by Crippen LogP contribution is -2.28. The summed E-state index contributed by atoms with van der Waals surface area (Å²) < 4.78 is 5.51. The third kappa shape index (κ3) is 4.49. The monoisotopic (exact) mass is 285 g/mol. The molecular weight excluding hydrogens is 266 g/mol. The van der Waals surface area contributed by atoms with E-state index in [0.29, 0.717) is 18.7 Å². The Morgan fingerprint density at radius 2 is 1.95 bits per heavy atom. The molecule has 1 aromatic carbocycles. The average molecular weight is 285 g/mol. The largest absolute Gasteiger partial charge is 0.492 e. The lowest BCUT2D eigenvalue weighted by Gasteiger charge is -2.11. The zero-order valence-electron chi connectivity index (χ0n) is 12.2. The molecule has 2 rings (SSSR count). The predicted octanol–water partition coefficient (Wildman–Crippen LogP) is 1.96. The predicted molar refractivity (Wildman–Crippen MR) is 82.8 cm³/mol. The van der Waals surface area contributed by atoms with Crippen LogP contribution in [-0.2, 0) is 0 Å². The number of hydrogen-bond acceptors (Lipinski definition) is 4. The number of amides is 1. The molecule has 5 heteroatoms. The van der Waals surface area contributed by atoms with Crippen LogP contribution in [0.3, 0.4) is 0 Å². The summed E-state index contributed by atoms with van der Waals surface area (Å²) in [6, 6.07) is 13.1. The van der Waals surface area contributed by atoms with Gasteiger partial charge in [0.2, 0.25) is 0 Å². The molecule has 110 valence electrons. The van der Waals surface area contributed by atoms with Gasteiger partial charge in [0, 0.05) is 20.3 Å². The fourth-order valence-corrected chi connectivity index (χ4v) is 1.74. The highest BCUT2D eigenvalue weighted by molar-refractivity contribution is 5.94. The van der Waals surface area contributed by atoms with E-state index in [1.54, 1.807) is 12.3 Å². The molecule has 1 aromatic heterocycles. The topological polar surface area (TPSA) is 54.5 Å². The number of aromatic nitrogens is 1. The number of pyridine rings is 1. The molecule has 2 aromatic rings. The first-order valence-corrected chi connectivity index (χ1v) is 6.76. The Kier molecular flexibility index (Phi) is 5.15. The van der Waals surface area contributed by atoms with Gasteiger partial charge in [0.25, 0.3) is 5.91 Å². The number of ether oxygens (including phenoxy) is 1. The standard InChI is InChI=1S/C16H19N3O2/c1-19(2)15-9-8-13(12-18-15)16(20)17-10-11-21-14-6-4-3-5-7-14/h3-9,12H,10-11H2,1-2H3,(H,17,20). The van der Waals surface area contributed by atoms with Crippen molar-refractivity contribution in [1.29, 1.82) is 0 Å². The van der Waals surface area contributed by atoms with Crippen LogP contribution in [0, 0.1) is 0 Å². The molecule has 5 nitrogen and oxygen atoms in total. The van der Waals surface area contributed by atoms with Crippen molar-refractivity contribution < 1.29 is 9.53 Å².